The number of rotatable bonds is 2. The molecule has 1 fully saturated rings. The number of nitrogens with zero attached hydrogens (tertiary/aromatic N) is 1. The molecule has 1 amide bonds. The summed E-state index contributed by atoms with van der Waals surface area (Å²) in [6.45, 7) is 3.32. The maximum absolute atomic E-state index is 13.4. The molecule has 6 heteroatoms. The van der Waals surface area contributed by atoms with Crippen molar-refractivity contribution in [1.29, 1.82) is 0 Å². The molecule has 4 nitrogen and oxygen atoms in total. The van der Waals surface area contributed by atoms with E-state index in [0.29, 0.717) is 12.1 Å². The molecule has 110 valence electrons. The lowest BCUT2D eigenvalue weighted by molar-refractivity contribution is -0.143. The Bertz CT molecular complexity index is 532. The van der Waals surface area contributed by atoms with Crippen molar-refractivity contribution >= 4 is 5.91 Å². The fourth-order valence-electron chi connectivity index (χ4n) is 2.48. The molecule has 20 heavy (non-hydrogen) atoms. The van der Waals surface area contributed by atoms with Gasteiger partial charge in [0.1, 0.15) is 17.2 Å². The van der Waals surface area contributed by atoms with Gasteiger partial charge in [0, 0.05) is 12.6 Å². The second-order valence-corrected chi connectivity index (χ2v) is 5.73. The highest BCUT2D eigenvalue weighted by Crippen LogP contribution is 2.31. The van der Waals surface area contributed by atoms with Crippen LogP contribution in [0, 0.1) is 11.6 Å². The van der Waals surface area contributed by atoms with Gasteiger partial charge in [-0.1, -0.05) is 0 Å². The van der Waals surface area contributed by atoms with E-state index >= 15 is 0 Å². The number of hydrogen-bond donors (Lipinski definition) is 2. The van der Waals surface area contributed by atoms with Crippen LogP contribution in [0.5, 0.6) is 0 Å². The SMILES string of the molecule is CN1CC(C)(c2cc(F)cc(F)c2)NC(=O)C1(C)CO. The number of aliphatic hydroxyl groups is 1. The van der Waals surface area contributed by atoms with Crippen molar-refractivity contribution in [3.8, 4) is 0 Å². The third kappa shape index (κ3) is 2.29. The van der Waals surface area contributed by atoms with Gasteiger partial charge in [0.05, 0.1) is 12.1 Å². The number of likely N-dealkylation sites (N-methyl/N-ethyl adjacent to an activating group) is 1. The first-order valence-electron chi connectivity index (χ1n) is 6.32. The Kier molecular flexibility index (Phi) is 3.56. The zero-order valence-corrected chi connectivity index (χ0v) is 11.7. The van der Waals surface area contributed by atoms with E-state index in [1.807, 2.05) is 0 Å². The van der Waals surface area contributed by atoms with Crippen LogP contribution in [-0.2, 0) is 10.3 Å². The number of aliphatic hydroxyl groups excluding tert-OH is 1. The van der Waals surface area contributed by atoms with Crippen molar-refractivity contribution in [3.05, 3.63) is 35.4 Å². The fraction of sp³-hybridized carbons (Fsp3) is 0.500. The Labute approximate surface area is 116 Å². The summed E-state index contributed by atoms with van der Waals surface area (Å²) in [5.41, 5.74) is -1.59. The smallest absolute Gasteiger partial charge is 0.243 e. The molecule has 0 saturated carbocycles. The lowest BCUT2D eigenvalue weighted by atomic mass is 9.84. The van der Waals surface area contributed by atoms with Gasteiger partial charge in [0.2, 0.25) is 5.91 Å². The average Bonchev–Trinajstić information content (AvgIpc) is 2.34. The molecule has 1 aliphatic heterocycles. The summed E-state index contributed by atoms with van der Waals surface area (Å²) in [6, 6.07) is 3.21. The average molecular weight is 284 g/mol. The van der Waals surface area contributed by atoms with Crippen LogP contribution in [0.15, 0.2) is 18.2 Å². The van der Waals surface area contributed by atoms with Gasteiger partial charge in [-0.05, 0) is 38.6 Å². The van der Waals surface area contributed by atoms with Gasteiger partial charge in [0.15, 0.2) is 0 Å². The van der Waals surface area contributed by atoms with E-state index in [0.717, 1.165) is 6.07 Å². The van der Waals surface area contributed by atoms with Crippen LogP contribution in [0.3, 0.4) is 0 Å². The summed E-state index contributed by atoms with van der Waals surface area (Å²) in [6.07, 6.45) is 0. The number of hydrogen-bond acceptors (Lipinski definition) is 3. The van der Waals surface area contributed by atoms with Crippen LogP contribution in [-0.4, -0.2) is 41.7 Å². The molecule has 1 aromatic rings. The van der Waals surface area contributed by atoms with Crippen LogP contribution in [0.1, 0.15) is 19.4 Å². The standard InChI is InChI=1S/C14H18F2N2O2/c1-13(9-4-10(15)6-11(16)5-9)7-18(3)14(2,8-19)12(20)17-13/h4-6,19H,7-8H2,1-3H3,(H,17,20). The van der Waals surface area contributed by atoms with Crippen molar-refractivity contribution in [2.45, 2.75) is 24.9 Å². The molecule has 1 aromatic carbocycles. The minimum absolute atomic E-state index is 0.330. The Morgan fingerprint density at radius 1 is 1.30 bits per heavy atom. The zero-order valence-electron chi connectivity index (χ0n) is 11.7. The normalized spacial score (nSPS) is 31.2. The summed E-state index contributed by atoms with van der Waals surface area (Å²) < 4.78 is 26.7. The van der Waals surface area contributed by atoms with Crippen molar-refractivity contribution in [1.82, 2.24) is 10.2 Å². The molecule has 0 aliphatic carbocycles. The molecule has 1 aliphatic rings. The van der Waals surface area contributed by atoms with Gasteiger partial charge in [-0.25, -0.2) is 8.78 Å². The van der Waals surface area contributed by atoms with Crippen molar-refractivity contribution in [3.63, 3.8) is 0 Å². The number of carbonyl (C=O) groups is 1. The summed E-state index contributed by atoms with van der Waals surface area (Å²) in [4.78, 5) is 13.9. The molecule has 0 spiro atoms. The Morgan fingerprint density at radius 2 is 1.85 bits per heavy atom. The topological polar surface area (TPSA) is 52.6 Å². The zero-order chi connectivity index (χ0) is 15.1. The third-order valence-electron chi connectivity index (χ3n) is 4.08. The minimum Gasteiger partial charge on any atom is -0.394 e. The summed E-state index contributed by atoms with van der Waals surface area (Å²) in [5, 5.41) is 12.2. The van der Waals surface area contributed by atoms with Crippen molar-refractivity contribution < 1.29 is 18.7 Å². The molecule has 1 saturated heterocycles. The maximum atomic E-state index is 13.4. The fourth-order valence-corrected chi connectivity index (χ4v) is 2.48. The van der Waals surface area contributed by atoms with Crippen LogP contribution in [0.2, 0.25) is 0 Å². The Hall–Kier alpha value is -1.53. The molecule has 2 atom stereocenters. The number of amides is 1. The van der Waals surface area contributed by atoms with E-state index in [-0.39, 0.29) is 12.5 Å². The summed E-state index contributed by atoms with van der Waals surface area (Å²) >= 11 is 0. The molecule has 2 N–H and O–H groups in total. The number of piperazine rings is 1. The molecule has 0 radical (unpaired) electrons. The van der Waals surface area contributed by atoms with E-state index in [1.165, 1.54) is 12.1 Å². The van der Waals surface area contributed by atoms with Crippen LogP contribution in [0.4, 0.5) is 8.78 Å². The first-order valence-corrected chi connectivity index (χ1v) is 6.32. The van der Waals surface area contributed by atoms with Crippen molar-refractivity contribution in [2.75, 3.05) is 20.2 Å². The highest BCUT2D eigenvalue weighted by molar-refractivity contribution is 5.87. The molecule has 2 unspecified atom stereocenters. The molecule has 0 bridgehead atoms. The largest absolute Gasteiger partial charge is 0.394 e. The van der Waals surface area contributed by atoms with Gasteiger partial charge in [0.25, 0.3) is 0 Å². The van der Waals surface area contributed by atoms with Crippen molar-refractivity contribution in [2.24, 2.45) is 0 Å². The van der Waals surface area contributed by atoms with E-state index in [9.17, 15) is 18.7 Å². The number of benzene rings is 1. The van der Waals surface area contributed by atoms with Gasteiger partial charge >= 0.3 is 0 Å². The second-order valence-electron chi connectivity index (χ2n) is 5.73. The van der Waals surface area contributed by atoms with E-state index in [1.54, 1.807) is 25.8 Å². The molecule has 1 heterocycles. The maximum Gasteiger partial charge on any atom is 0.243 e. The van der Waals surface area contributed by atoms with Gasteiger partial charge in [-0.15, -0.1) is 0 Å². The van der Waals surface area contributed by atoms with E-state index in [4.69, 9.17) is 0 Å². The molecule has 0 aromatic heterocycles. The highest BCUT2D eigenvalue weighted by Gasteiger charge is 2.48. The summed E-state index contributed by atoms with van der Waals surface area (Å²) in [7, 11) is 1.70. The highest BCUT2D eigenvalue weighted by atomic mass is 19.1. The first-order chi connectivity index (χ1) is 9.21. The first kappa shape index (κ1) is 14.9. The monoisotopic (exact) mass is 284 g/mol. The second kappa shape index (κ2) is 4.79. The van der Waals surface area contributed by atoms with Crippen LogP contribution >= 0.6 is 0 Å². The lowest BCUT2D eigenvalue weighted by Gasteiger charge is -2.48. The quantitative estimate of drug-likeness (QED) is 0.851. The number of nitrogens with one attached hydrogen (secondary N) is 1. The van der Waals surface area contributed by atoms with Gasteiger partial charge in [-0.3, -0.25) is 9.69 Å². The van der Waals surface area contributed by atoms with E-state index in [2.05, 4.69) is 5.32 Å². The van der Waals surface area contributed by atoms with Crippen LogP contribution in [0.25, 0.3) is 0 Å². The van der Waals surface area contributed by atoms with Gasteiger partial charge in [-0.2, -0.15) is 0 Å². The van der Waals surface area contributed by atoms with E-state index < -0.39 is 22.7 Å². The Morgan fingerprint density at radius 3 is 2.30 bits per heavy atom. The lowest BCUT2D eigenvalue weighted by Crippen LogP contribution is -2.70. The minimum atomic E-state index is -1.04. The third-order valence-corrected chi connectivity index (χ3v) is 4.08. The molecular formula is C14H18F2N2O2. The van der Waals surface area contributed by atoms with Gasteiger partial charge < -0.3 is 10.4 Å². The summed E-state index contributed by atoms with van der Waals surface area (Å²) in [5.74, 6) is -1.75. The number of halogens is 2. The predicted molar refractivity (Wildman–Crippen MR) is 70.0 cm³/mol. The Balaban J connectivity index is 2.40. The van der Waals surface area contributed by atoms with Crippen LogP contribution < -0.4 is 5.32 Å². The number of carbonyl (C=O) groups excluding carboxylic acids is 1. The molecular weight excluding hydrogens is 266 g/mol. The predicted octanol–water partition coefficient (Wildman–Crippen LogP) is 0.993. The molecule has 2 rings (SSSR count).